The molecule has 0 saturated heterocycles. The Bertz CT molecular complexity index is 442. The van der Waals surface area contributed by atoms with Gasteiger partial charge in [-0.05, 0) is 19.3 Å². The van der Waals surface area contributed by atoms with E-state index in [0.29, 0.717) is 13.0 Å². The van der Waals surface area contributed by atoms with Gasteiger partial charge in [-0.25, -0.2) is 9.59 Å². The van der Waals surface area contributed by atoms with Crippen LogP contribution in [0.25, 0.3) is 0 Å². The Morgan fingerprint density at radius 3 is 2.63 bits per heavy atom. The normalized spacial score (nSPS) is 12.2. The molecule has 1 rings (SSSR count). The summed E-state index contributed by atoms with van der Waals surface area (Å²) in [6, 6.07) is -1.36. The molecule has 0 bridgehead atoms. The number of aromatic amines is 1. The van der Waals surface area contributed by atoms with Gasteiger partial charge in [-0.15, -0.1) is 0 Å². The van der Waals surface area contributed by atoms with E-state index in [1.165, 1.54) is 0 Å². The number of urea groups is 1. The second kappa shape index (κ2) is 6.77. The Hall–Kier alpha value is -2.05. The largest absolute Gasteiger partial charge is 0.480 e. The molecule has 7 heteroatoms. The van der Waals surface area contributed by atoms with Crippen molar-refractivity contribution in [1.29, 1.82) is 0 Å². The summed E-state index contributed by atoms with van der Waals surface area (Å²) < 4.78 is 0. The van der Waals surface area contributed by atoms with Crippen LogP contribution in [0.4, 0.5) is 4.79 Å². The van der Waals surface area contributed by atoms with Gasteiger partial charge in [0.2, 0.25) is 0 Å². The molecule has 2 amide bonds. The van der Waals surface area contributed by atoms with Crippen LogP contribution < -0.4 is 10.6 Å². The molecule has 1 atom stereocenters. The minimum absolute atomic E-state index is 0.192. The highest BCUT2D eigenvalue weighted by Crippen LogP contribution is 2.05. The molecule has 0 aliphatic rings. The molecular formula is C12H20N4O3. The number of carboxylic acids is 1. The summed E-state index contributed by atoms with van der Waals surface area (Å²) in [4.78, 5) is 22.6. The number of carboxylic acid groups (broad SMARTS) is 1. The van der Waals surface area contributed by atoms with Gasteiger partial charge in [-0.3, -0.25) is 5.10 Å². The molecule has 0 fully saturated rings. The summed E-state index contributed by atoms with van der Waals surface area (Å²) in [7, 11) is 0. The lowest BCUT2D eigenvalue weighted by Crippen LogP contribution is -2.46. The lowest BCUT2D eigenvalue weighted by atomic mass is 10.0. The molecule has 106 valence electrons. The van der Waals surface area contributed by atoms with E-state index in [1.807, 2.05) is 20.8 Å². The van der Waals surface area contributed by atoms with E-state index in [4.69, 9.17) is 5.11 Å². The molecule has 1 unspecified atom stereocenters. The Labute approximate surface area is 111 Å². The predicted octanol–water partition coefficient (Wildman–Crippen LogP) is 1.02. The maximum Gasteiger partial charge on any atom is 0.326 e. The standard InChI is InChI=1S/C12H20N4O3/c1-7(2)4-10(11(17)18)15-12(19)13-5-9-6-14-16-8(9)3/h6-7,10H,4-5H2,1-3H3,(H,14,16)(H,17,18)(H2,13,15,19). The molecular weight excluding hydrogens is 248 g/mol. The molecule has 4 N–H and O–H groups in total. The number of hydrogen-bond acceptors (Lipinski definition) is 3. The second-order valence-electron chi connectivity index (χ2n) is 4.87. The smallest absolute Gasteiger partial charge is 0.326 e. The third-order valence-electron chi connectivity index (χ3n) is 2.68. The van der Waals surface area contributed by atoms with Crippen molar-refractivity contribution >= 4 is 12.0 Å². The minimum Gasteiger partial charge on any atom is -0.480 e. The molecule has 1 aromatic rings. The maximum absolute atomic E-state index is 11.6. The Morgan fingerprint density at radius 1 is 1.47 bits per heavy atom. The third kappa shape index (κ3) is 4.99. The van der Waals surface area contributed by atoms with Gasteiger partial charge >= 0.3 is 12.0 Å². The highest BCUT2D eigenvalue weighted by Gasteiger charge is 2.20. The number of nitrogens with one attached hydrogen (secondary N) is 3. The van der Waals surface area contributed by atoms with Crippen LogP contribution in [0, 0.1) is 12.8 Å². The first-order valence-corrected chi connectivity index (χ1v) is 6.16. The molecule has 0 saturated carbocycles. The molecule has 19 heavy (non-hydrogen) atoms. The van der Waals surface area contributed by atoms with Crippen LogP contribution in [0.1, 0.15) is 31.5 Å². The molecule has 0 aliphatic heterocycles. The van der Waals surface area contributed by atoms with Crippen molar-refractivity contribution in [2.75, 3.05) is 0 Å². The number of aliphatic carboxylic acids is 1. The first-order valence-electron chi connectivity index (χ1n) is 6.16. The zero-order valence-corrected chi connectivity index (χ0v) is 11.4. The van der Waals surface area contributed by atoms with E-state index in [-0.39, 0.29) is 5.92 Å². The average Bonchev–Trinajstić information content (AvgIpc) is 2.70. The van der Waals surface area contributed by atoms with E-state index in [2.05, 4.69) is 20.8 Å². The fourth-order valence-corrected chi connectivity index (χ4v) is 1.63. The van der Waals surface area contributed by atoms with E-state index >= 15 is 0 Å². The SMILES string of the molecule is Cc1[nH]ncc1CNC(=O)NC(CC(C)C)C(=O)O. The van der Waals surface area contributed by atoms with Gasteiger partial charge in [0.25, 0.3) is 0 Å². The molecule has 0 aromatic carbocycles. The summed E-state index contributed by atoms with van der Waals surface area (Å²) in [5.74, 6) is -0.833. The second-order valence-corrected chi connectivity index (χ2v) is 4.87. The van der Waals surface area contributed by atoms with Crippen LogP contribution in [-0.4, -0.2) is 33.3 Å². The number of aromatic nitrogens is 2. The molecule has 7 nitrogen and oxygen atoms in total. The van der Waals surface area contributed by atoms with Gasteiger partial charge < -0.3 is 15.7 Å². The van der Waals surface area contributed by atoms with E-state index in [9.17, 15) is 9.59 Å². The minimum atomic E-state index is -1.02. The van der Waals surface area contributed by atoms with Crippen molar-refractivity contribution in [3.63, 3.8) is 0 Å². The Morgan fingerprint density at radius 2 is 2.16 bits per heavy atom. The number of amides is 2. The Kier molecular flexibility index (Phi) is 5.35. The number of nitrogens with zero attached hydrogens (tertiary/aromatic N) is 1. The van der Waals surface area contributed by atoms with E-state index in [0.717, 1.165) is 11.3 Å². The zero-order chi connectivity index (χ0) is 14.4. The fraction of sp³-hybridized carbons (Fsp3) is 0.583. The van der Waals surface area contributed by atoms with Crippen LogP contribution in [0.2, 0.25) is 0 Å². The third-order valence-corrected chi connectivity index (χ3v) is 2.68. The monoisotopic (exact) mass is 268 g/mol. The van der Waals surface area contributed by atoms with Gasteiger partial charge in [0.1, 0.15) is 6.04 Å². The number of hydrogen-bond donors (Lipinski definition) is 4. The number of carbonyl (C=O) groups excluding carboxylic acids is 1. The van der Waals surface area contributed by atoms with E-state index < -0.39 is 18.0 Å². The summed E-state index contributed by atoms with van der Waals surface area (Å²) in [6.45, 7) is 5.97. The number of carbonyl (C=O) groups is 2. The van der Waals surface area contributed by atoms with Crippen LogP contribution in [0.3, 0.4) is 0 Å². The van der Waals surface area contributed by atoms with Crippen molar-refractivity contribution in [1.82, 2.24) is 20.8 Å². The van der Waals surface area contributed by atoms with Crippen molar-refractivity contribution < 1.29 is 14.7 Å². The maximum atomic E-state index is 11.6. The van der Waals surface area contributed by atoms with Crippen molar-refractivity contribution in [3.05, 3.63) is 17.5 Å². The lowest BCUT2D eigenvalue weighted by molar-refractivity contribution is -0.139. The highest BCUT2D eigenvalue weighted by molar-refractivity contribution is 5.82. The van der Waals surface area contributed by atoms with Crippen LogP contribution in [0.5, 0.6) is 0 Å². The summed E-state index contributed by atoms with van der Waals surface area (Å²) in [5.41, 5.74) is 1.74. The Balaban J connectivity index is 2.45. The van der Waals surface area contributed by atoms with Gasteiger partial charge in [0.05, 0.1) is 6.20 Å². The first kappa shape index (κ1) is 15.0. The predicted molar refractivity (Wildman–Crippen MR) is 69.6 cm³/mol. The molecule has 0 spiro atoms. The summed E-state index contributed by atoms with van der Waals surface area (Å²) in [6.07, 6.45) is 2.02. The number of H-pyrrole nitrogens is 1. The topological polar surface area (TPSA) is 107 Å². The van der Waals surface area contributed by atoms with Crippen molar-refractivity contribution in [2.45, 2.75) is 39.8 Å². The average molecular weight is 268 g/mol. The highest BCUT2D eigenvalue weighted by atomic mass is 16.4. The van der Waals surface area contributed by atoms with Gasteiger partial charge in [-0.1, -0.05) is 13.8 Å². The van der Waals surface area contributed by atoms with Crippen LogP contribution in [-0.2, 0) is 11.3 Å². The van der Waals surface area contributed by atoms with E-state index in [1.54, 1.807) is 6.20 Å². The quantitative estimate of drug-likeness (QED) is 0.617. The summed E-state index contributed by atoms with van der Waals surface area (Å²) >= 11 is 0. The molecule has 1 heterocycles. The first-order chi connectivity index (χ1) is 8.90. The van der Waals surface area contributed by atoms with Crippen LogP contribution >= 0.6 is 0 Å². The zero-order valence-electron chi connectivity index (χ0n) is 11.4. The van der Waals surface area contributed by atoms with Gasteiger partial charge in [-0.2, -0.15) is 5.10 Å². The van der Waals surface area contributed by atoms with Crippen molar-refractivity contribution in [2.24, 2.45) is 5.92 Å². The lowest BCUT2D eigenvalue weighted by Gasteiger charge is -2.16. The van der Waals surface area contributed by atoms with Crippen LogP contribution in [0.15, 0.2) is 6.20 Å². The number of rotatable bonds is 6. The number of aryl methyl sites for hydroxylation is 1. The fourth-order valence-electron chi connectivity index (χ4n) is 1.63. The summed E-state index contributed by atoms with van der Waals surface area (Å²) in [5, 5.41) is 20.7. The van der Waals surface area contributed by atoms with Gasteiger partial charge in [0, 0.05) is 17.8 Å². The van der Waals surface area contributed by atoms with Gasteiger partial charge in [0.15, 0.2) is 0 Å². The molecule has 0 radical (unpaired) electrons. The molecule has 0 aliphatic carbocycles. The van der Waals surface area contributed by atoms with Crippen molar-refractivity contribution in [3.8, 4) is 0 Å². The molecule has 1 aromatic heterocycles.